The third-order valence-corrected chi connectivity index (χ3v) is 12.4. The number of para-hydroxylation sites is 2. The van der Waals surface area contributed by atoms with Crippen molar-refractivity contribution in [2.24, 2.45) is 0 Å². The molecule has 304 valence electrons. The normalized spacial score (nSPS) is 12.9. The SMILES string of the molecule is C/C(C(=N)c1ccc(N(c2ccc(-c3ccccc3)cc2)c2ccc(-c3ccc4c(c3)c3ccccc3n4-c3ccccc3)cc2)cc1)=C1/NC(c2ccccc2)=Cc2ccccc21. The molecule has 0 atom stereocenters. The van der Waals surface area contributed by atoms with Crippen LogP contribution in [0.1, 0.15) is 29.2 Å². The van der Waals surface area contributed by atoms with Gasteiger partial charge >= 0.3 is 0 Å². The molecule has 0 saturated heterocycles. The Morgan fingerprint density at radius 2 is 0.953 bits per heavy atom. The molecule has 0 radical (unpaired) electrons. The molecule has 0 unspecified atom stereocenters. The van der Waals surface area contributed by atoms with Crippen molar-refractivity contribution in [3.05, 3.63) is 258 Å². The standard InChI is InChI=1S/C60H44N4/c1-41(60-53-22-12-11-19-48(53)40-56(62-60)45-17-7-3-8-18-45)59(61)46-29-36-52(37-30-46)63(50-32-25-43(26-33-50)42-15-5-2-6-16-42)51-34-27-44(28-35-51)47-31-38-58-55(39-47)54-23-13-14-24-57(54)64(58)49-20-9-4-10-21-49/h2-40,61-62H,1H3/b60-41-,61-59?. The van der Waals surface area contributed by atoms with E-state index in [-0.39, 0.29) is 0 Å². The number of hydrogen-bond acceptors (Lipinski definition) is 3. The second kappa shape index (κ2) is 16.4. The first-order valence-electron chi connectivity index (χ1n) is 21.8. The van der Waals surface area contributed by atoms with E-state index in [2.05, 4.69) is 245 Å². The molecule has 1 aliphatic heterocycles. The summed E-state index contributed by atoms with van der Waals surface area (Å²) in [6.07, 6.45) is 2.19. The Balaban J connectivity index is 0.942. The maximum absolute atomic E-state index is 9.51. The molecule has 0 aliphatic carbocycles. The summed E-state index contributed by atoms with van der Waals surface area (Å²) in [5, 5.41) is 15.7. The molecule has 10 aromatic rings. The number of fused-ring (bicyclic) bond motifs is 4. The molecular weight excluding hydrogens is 777 g/mol. The molecule has 4 heteroatoms. The van der Waals surface area contributed by atoms with Gasteiger partial charge in [-0.1, -0.05) is 164 Å². The van der Waals surface area contributed by atoms with Gasteiger partial charge in [-0.25, -0.2) is 0 Å². The largest absolute Gasteiger partial charge is 0.354 e. The minimum Gasteiger partial charge on any atom is -0.354 e. The first kappa shape index (κ1) is 38.5. The fourth-order valence-corrected chi connectivity index (χ4v) is 9.12. The molecule has 0 amide bonds. The summed E-state index contributed by atoms with van der Waals surface area (Å²) in [5.74, 6) is 0. The van der Waals surface area contributed by atoms with Crippen molar-refractivity contribution in [3.8, 4) is 27.9 Å². The van der Waals surface area contributed by atoms with Crippen LogP contribution in [-0.4, -0.2) is 10.3 Å². The highest BCUT2D eigenvalue weighted by Crippen LogP contribution is 2.39. The van der Waals surface area contributed by atoms with Crippen LogP contribution < -0.4 is 10.2 Å². The summed E-state index contributed by atoms with van der Waals surface area (Å²) in [6, 6.07) is 81.4. The van der Waals surface area contributed by atoms with Gasteiger partial charge in [0.15, 0.2) is 0 Å². The zero-order valence-corrected chi connectivity index (χ0v) is 35.4. The quantitative estimate of drug-likeness (QED) is 0.142. The van der Waals surface area contributed by atoms with Crippen LogP contribution in [0.5, 0.6) is 0 Å². The molecular formula is C60H44N4. The molecule has 2 N–H and O–H groups in total. The van der Waals surface area contributed by atoms with Crippen LogP contribution in [0.25, 0.3) is 67.2 Å². The lowest BCUT2D eigenvalue weighted by molar-refractivity contribution is 1.18. The molecule has 11 rings (SSSR count). The van der Waals surface area contributed by atoms with E-state index in [1.807, 2.05) is 13.0 Å². The Kier molecular flexibility index (Phi) is 9.87. The molecule has 0 bridgehead atoms. The van der Waals surface area contributed by atoms with E-state index in [1.165, 1.54) is 38.5 Å². The summed E-state index contributed by atoms with van der Waals surface area (Å²) in [4.78, 5) is 2.30. The number of rotatable bonds is 9. The Hall–Kier alpha value is -8.47. The minimum absolute atomic E-state index is 0.477. The second-order valence-electron chi connectivity index (χ2n) is 16.3. The first-order chi connectivity index (χ1) is 31.6. The maximum Gasteiger partial charge on any atom is 0.0662 e. The topological polar surface area (TPSA) is 44.1 Å². The van der Waals surface area contributed by atoms with Gasteiger partial charge in [0.1, 0.15) is 0 Å². The van der Waals surface area contributed by atoms with Crippen molar-refractivity contribution in [1.29, 1.82) is 5.41 Å². The van der Waals surface area contributed by atoms with Gasteiger partial charge < -0.3 is 14.8 Å². The van der Waals surface area contributed by atoms with Crippen LogP contribution in [0.2, 0.25) is 0 Å². The number of nitrogens with zero attached hydrogens (tertiary/aromatic N) is 2. The Bertz CT molecular complexity index is 3380. The highest BCUT2D eigenvalue weighted by Gasteiger charge is 2.21. The van der Waals surface area contributed by atoms with Crippen LogP contribution in [-0.2, 0) is 0 Å². The van der Waals surface area contributed by atoms with Gasteiger partial charge in [-0.05, 0) is 124 Å². The predicted octanol–water partition coefficient (Wildman–Crippen LogP) is 15.5. The summed E-state index contributed by atoms with van der Waals surface area (Å²) in [6.45, 7) is 2.05. The lowest BCUT2D eigenvalue weighted by Gasteiger charge is -2.26. The molecule has 1 aromatic heterocycles. The predicted molar refractivity (Wildman–Crippen MR) is 270 cm³/mol. The fraction of sp³-hybridized carbons (Fsp3) is 0.0167. The monoisotopic (exact) mass is 820 g/mol. The molecule has 2 heterocycles. The van der Waals surface area contributed by atoms with Crippen LogP contribution in [0.15, 0.2) is 236 Å². The lowest BCUT2D eigenvalue weighted by atomic mass is 9.92. The van der Waals surface area contributed by atoms with E-state index in [4.69, 9.17) is 0 Å². The van der Waals surface area contributed by atoms with Gasteiger partial charge in [-0.3, -0.25) is 5.41 Å². The number of anilines is 3. The van der Waals surface area contributed by atoms with Gasteiger partial charge in [0.2, 0.25) is 0 Å². The smallest absolute Gasteiger partial charge is 0.0662 e. The molecule has 64 heavy (non-hydrogen) atoms. The third kappa shape index (κ3) is 7.07. The highest BCUT2D eigenvalue weighted by atomic mass is 15.1. The van der Waals surface area contributed by atoms with Crippen molar-refractivity contribution in [2.45, 2.75) is 6.92 Å². The summed E-state index contributed by atoms with van der Waals surface area (Å²) in [5.41, 5.74) is 18.8. The van der Waals surface area contributed by atoms with Gasteiger partial charge in [0.05, 0.1) is 22.4 Å². The van der Waals surface area contributed by atoms with Crippen molar-refractivity contribution < 1.29 is 0 Å². The van der Waals surface area contributed by atoms with Crippen LogP contribution in [0.3, 0.4) is 0 Å². The molecule has 0 spiro atoms. The number of aromatic nitrogens is 1. The van der Waals surface area contributed by atoms with E-state index in [0.29, 0.717) is 5.71 Å². The van der Waals surface area contributed by atoms with Gasteiger partial charge in [-0.2, -0.15) is 0 Å². The number of benzene rings is 9. The molecule has 0 saturated carbocycles. The zero-order chi connectivity index (χ0) is 43.0. The minimum atomic E-state index is 0.477. The van der Waals surface area contributed by atoms with E-state index in [0.717, 1.165) is 67.5 Å². The summed E-state index contributed by atoms with van der Waals surface area (Å²) < 4.78 is 2.36. The van der Waals surface area contributed by atoms with Crippen LogP contribution >= 0.6 is 0 Å². The third-order valence-electron chi connectivity index (χ3n) is 12.4. The number of nitrogens with one attached hydrogen (secondary N) is 2. The van der Waals surface area contributed by atoms with E-state index < -0.39 is 0 Å². The molecule has 0 fully saturated rings. The van der Waals surface area contributed by atoms with Gasteiger partial charge in [0, 0.05) is 44.8 Å². The fourth-order valence-electron chi connectivity index (χ4n) is 9.12. The Morgan fingerprint density at radius 1 is 0.453 bits per heavy atom. The average Bonchev–Trinajstić information content (AvgIpc) is 3.71. The van der Waals surface area contributed by atoms with E-state index >= 15 is 0 Å². The van der Waals surface area contributed by atoms with Crippen molar-refractivity contribution in [1.82, 2.24) is 9.88 Å². The summed E-state index contributed by atoms with van der Waals surface area (Å²) >= 11 is 0. The molecule has 4 nitrogen and oxygen atoms in total. The number of hydrogen-bond donors (Lipinski definition) is 2. The zero-order valence-electron chi connectivity index (χ0n) is 35.4. The van der Waals surface area contributed by atoms with Crippen LogP contribution in [0.4, 0.5) is 17.1 Å². The van der Waals surface area contributed by atoms with E-state index in [1.54, 1.807) is 0 Å². The lowest BCUT2D eigenvalue weighted by Crippen LogP contribution is -2.19. The average molecular weight is 821 g/mol. The molecule has 1 aliphatic rings. The van der Waals surface area contributed by atoms with Crippen molar-refractivity contribution >= 4 is 62.0 Å². The Morgan fingerprint density at radius 3 is 1.62 bits per heavy atom. The first-order valence-corrected chi connectivity index (χ1v) is 21.8. The Labute approximate surface area is 373 Å². The maximum atomic E-state index is 9.51. The highest BCUT2D eigenvalue weighted by molar-refractivity contribution is 6.16. The van der Waals surface area contributed by atoms with Gasteiger partial charge in [-0.15, -0.1) is 0 Å². The van der Waals surface area contributed by atoms with Crippen LogP contribution in [0, 0.1) is 5.41 Å². The molecule has 9 aromatic carbocycles. The second-order valence-corrected chi connectivity index (χ2v) is 16.3. The van der Waals surface area contributed by atoms with Crippen molar-refractivity contribution in [3.63, 3.8) is 0 Å². The van der Waals surface area contributed by atoms with Crippen molar-refractivity contribution in [2.75, 3.05) is 4.90 Å². The summed E-state index contributed by atoms with van der Waals surface area (Å²) in [7, 11) is 0. The van der Waals surface area contributed by atoms with Gasteiger partial charge in [0.25, 0.3) is 0 Å². The number of allylic oxidation sites excluding steroid dienone is 1. The van der Waals surface area contributed by atoms with E-state index in [9.17, 15) is 5.41 Å².